The quantitative estimate of drug-likeness (QED) is 0.616. The van der Waals surface area contributed by atoms with E-state index >= 15 is 0 Å². The van der Waals surface area contributed by atoms with Crippen LogP contribution in [0, 0.1) is 12.3 Å². The summed E-state index contributed by atoms with van der Waals surface area (Å²) in [7, 11) is 0. The van der Waals surface area contributed by atoms with E-state index in [9.17, 15) is 0 Å². The molecule has 3 heteroatoms. The lowest BCUT2D eigenvalue weighted by molar-refractivity contribution is 0.503. The molecule has 0 amide bonds. The Hall–Kier alpha value is -0.300. The summed E-state index contributed by atoms with van der Waals surface area (Å²) in [5.74, 6) is 2.69. The van der Waals surface area contributed by atoms with Gasteiger partial charge in [0.05, 0.1) is 3.79 Å². The number of hydrogen-bond acceptors (Lipinski definition) is 2. The van der Waals surface area contributed by atoms with Gasteiger partial charge < -0.3 is 5.32 Å². The van der Waals surface area contributed by atoms with Crippen molar-refractivity contribution in [3.8, 4) is 12.3 Å². The molecule has 1 nitrogen and oxygen atoms in total. The van der Waals surface area contributed by atoms with E-state index in [4.69, 9.17) is 6.42 Å². The normalized spacial score (nSPS) is 12.3. The van der Waals surface area contributed by atoms with Crippen LogP contribution >= 0.6 is 27.3 Å². The molecule has 1 unspecified atom stereocenters. The third kappa shape index (κ3) is 4.38. The maximum atomic E-state index is 5.26. The minimum absolute atomic E-state index is 0.450. The molecule has 0 saturated carbocycles. The summed E-state index contributed by atoms with van der Waals surface area (Å²) in [4.78, 5) is 0. The van der Waals surface area contributed by atoms with Gasteiger partial charge in [0.15, 0.2) is 0 Å². The lowest BCUT2D eigenvalue weighted by Crippen LogP contribution is -2.20. The number of rotatable bonds is 6. The van der Waals surface area contributed by atoms with Gasteiger partial charge in [0, 0.05) is 12.5 Å². The molecular weight excluding hydrogens is 270 g/mol. The summed E-state index contributed by atoms with van der Waals surface area (Å²) >= 11 is 5.23. The Morgan fingerprint density at radius 2 is 2.47 bits per heavy atom. The van der Waals surface area contributed by atoms with Gasteiger partial charge in [-0.15, -0.1) is 23.7 Å². The van der Waals surface area contributed by atoms with Gasteiger partial charge in [0.1, 0.15) is 0 Å². The van der Waals surface area contributed by atoms with Gasteiger partial charge in [-0.25, -0.2) is 0 Å². The maximum absolute atomic E-state index is 5.26. The first-order valence-electron chi connectivity index (χ1n) is 5.18. The highest BCUT2D eigenvalue weighted by molar-refractivity contribution is 9.11. The van der Waals surface area contributed by atoms with E-state index in [1.54, 1.807) is 11.3 Å². The van der Waals surface area contributed by atoms with Gasteiger partial charge in [-0.1, -0.05) is 6.92 Å². The highest BCUT2D eigenvalue weighted by Crippen LogP contribution is 2.27. The van der Waals surface area contributed by atoms with Crippen LogP contribution < -0.4 is 5.32 Å². The summed E-state index contributed by atoms with van der Waals surface area (Å²) in [6, 6.07) is 2.64. The summed E-state index contributed by atoms with van der Waals surface area (Å²) in [5, 5.41) is 5.69. The van der Waals surface area contributed by atoms with Crippen LogP contribution in [0.5, 0.6) is 0 Å². The summed E-state index contributed by atoms with van der Waals surface area (Å²) in [6.07, 6.45) is 8.32. The molecule has 0 bridgehead atoms. The molecular formula is C12H16BrNS. The SMILES string of the molecule is C#CCCCC(NCC)c1csc(Br)c1. The summed E-state index contributed by atoms with van der Waals surface area (Å²) in [5.41, 5.74) is 1.37. The van der Waals surface area contributed by atoms with Crippen molar-refractivity contribution in [2.75, 3.05) is 6.54 Å². The fraction of sp³-hybridized carbons (Fsp3) is 0.500. The fourth-order valence-electron chi connectivity index (χ4n) is 1.55. The Bertz CT molecular complexity index is 327. The van der Waals surface area contributed by atoms with E-state index < -0.39 is 0 Å². The first kappa shape index (κ1) is 12.8. The van der Waals surface area contributed by atoms with Crippen LogP contribution in [0.2, 0.25) is 0 Å². The minimum atomic E-state index is 0.450. The predicted octanol–water partition coefficient (Wildman–Crippen LogP) is 3.96. The molecule has 0 aliphatic rings. The molecule has 1 atom stereocenters. The van der Waals surface area contributed by atoms with Crippen LogP contribution in [0.4, 0.5) is 0 Å². The Morgan fingerprint density at radius 1 is 1.67 bits per heavy atom. The van der Waals surface area contributed by atoms with Gasteiger partial charge in [0.2, 0.25) is 0 Å². The third-order valence-electron chi connectivity index (χ3n) is 2.25. The lowest BCUT2D eigenvalue weighted by atomic mass is 10.0. The van der Waals surface area contributed by atoms with Crippen LogP contribution in [-0.4, -0.2) is 6.54 Å². The number of hydrogen-bond donors (Lipinski definition) is 1. The zero-order chi connectivity index (χ0) is 11.1. The van der Waals surface area contributed by atoms with Crippen LogP contribution in [-0.2, 0) is 0 Å². The van der Waals surface area contributed by atoms with Gasteiger partial charge in [-0.05, 0) is 52.3 Å². The topological polar surface area (TPSA) is 12.0 Å². The molecule has 1 aromatic rings. The Kier molecular flexibility index (Phi) is 6.00. The van der Waals surface area contributed by atoms with Crippen molar-refractivity contribution in [1.29, 1.82) is 0 Å². The number of halogens is 1. The van der Waals surface area contributed by atoms with Crippen molar-refractivity contribution in [2.45, 2.75) is 32.2 Å². The molecule has 0 aliphatic carbocycles. The first-order valence-corrected chi connectivity index (χ1v) is 6.86. The van der Waals surface area contributed by atoms with Crippen molar-refractivity contribution < 1.29 is 0 Å². The van der Waals surface area contributed by atoms with E-state index in [0.717, 1.165) is 25.8 Å². The van der Waals surface area contributed by atoms with E-state index in [-0.39, 0.29) is 0 Å². The second-order valence-corrected chi connectivity index (χ2v) is 5.68. The van der Waals surface area contributed by atoms with E-state index in [0.29, 0.717) is 6.04 Å². The standard InChI is InChI=1S/C12H16BrNS/c1-3-5-6-7-11(14-4-2)10-8-12(13)15-9-10/h1,8-9,11,14H,4-7H2,2H3. The zero-order valence-electron chi connectivity index (χ0n) is 8.92. The smallest absolute Gasteiger partial charge is 0.0701 e. The van der Waals surface area contributed by atoms with Crippen LogP contribution in [0.3, 0.4) is 0 Å². The highest BCUT2D eigenvalue weighted by atomic mass is 79.9. The summed E-state index contributed by atoms with van der Waals surface area (Å²) < 4.78 is 1.19. The van der Waals surface area contributed by atoms with E-state index in [2.05, 4.69) is 45.5 Å². The molecule has 0 saturated heterocycles. The first-order chi connectivity index (χ1) is 7.27. The maximum Gasteiger partial charge on any atom is 0.0701 e. The van der Waals surface area contributed by atoms with Gasteiger partial charge in [0.25, 0.3) is 0 Å². The summed E-state index contributed by atoms with van der Waals surface area (Å²) in [6.45, 7) is 3.13. The van der Waals surface area contributed by atoms with Crippen molar-refractivity contribution in [3.63, 3.8) is 0 Å². The Morgan fingerprint density at radius 3 is 3.00 bits per heavy atom. The second-order valence-electron chi connectivity index (χ2n) is 3.39. The monoisotopic (exact) mass is 285 g/mol. The van der Waals surface area contributed by atoms with Crippen LogP contribution in [0.15, 0.2) is 15.2 Å². The number of unbranched alkanes of at least 4 members (excludes halogenated alkanes) is 1. The van der Waals surface area contributed by atoms with Crippen LogP contribution in [0.25, 0.3) is 0 Å². The molecule has 15 heavy (non-hydrogen) atoms. The molecule has 1 heterocycles. The lowest BCUT2D eigenvalue weighted by Gasteiger charge is -2.15. The van der Waals surface area contributed by atoms with Crippen molar-refractivity contribution in [1.82, 2.24) is 5.32 Å². The van der Waals surface area contributed by atoms with Gasteiger partial charge in [-0.2, -0.15) is 0 Å². The van der Waals surface area contributed by atoms with E-state index in [1.807, 2.05) is 0 Å². The molecule has 0 fully saturated rings. The molecule has 1 rings (SSSR count). The average molecular weight is 286 g/mol. The largest absolute Gasteiger partial charge is 0.310 e. The van der Waals surface area contributed by atoms with Crippen LogP contribution in [0.1, 0.15) is 37.8 Å². The molecule has 82 valence electrons. The average Bonchev–Trinajstić information content (AvgIpc) is 2.64. The minimum Gasteiger partial charge on any atom is -0.310 e. The molecule has 0 aromatic carbocycles. The predicted molar refractivity (Wildman–Crippen MR) is 71.1 cm³/mol. The Balaban J connectivity index is 2.54. The molecule has 0 radical (unpaired) electrons. The molecule has 0 aliphatic heterocycles. The highest BCUT2D eigenvalue weighted by Gasteiger charge is 2.10. The van der Waals surface area contributed by atoms with Gasteiger partial charge >= 0.3 is 0 Å². The van der Waals surface area contributed by atoms with Crippen molar-refractivity contribution >= 4 is 27.3 Å². The van der Waals surface area contributed by atoms with E-state index in [1.165, 1.54) is 9.35 Å². The molecule has 0 spiro atoms. The van der Waals surface area contributed by atoms with Crippen molar-refractivity contribution in [3.05, 3.63) is 20.8 Å². The number of terminal acetylenes is 1. The van der Waals surface area contributed by atoms with Gasteiger partial charge in [-0.3, -0.25) is 0 Å². The second kappa shape index (κ2) is 7.05. The molecule has 1 aromatic heterocycles. The molecule has 1 N–H and O–H groups in total. The zero-order valence-corrected chi connectivity index (χ0v) is 11.3. The number of nitrogens with one attached hydrogen (secondary N) is 1. The Labute approximate surface area is 104 Å². The van der Waals surface area contributed by atoms with Crippen molar-refractivity contribution in [2.24, 2.45) is 0 Å². The number of thiophene rings is 1. The third-order valence-corrected chi connectivity index (χ3v) is 3.78. The fourth-order valence-corrected chi connectivity index (χ4v) is 2.78.